The first-order chi connectivity index (χ1) is 10.0. The fraction of sp³-hybridized carbons (Fsp3) is 0.167. The average Bonchev–Trinajstić information content (AvgIpc) is 2.89. The lowest BCUT2D eigenvalue weighted by molar-refractivity contribution is 0.0998. The van der Waals surface area contributed by atoms with Crippen molar-refractivity contribution >= 4 is 22.6 Å². The van der Waals surface area contributed by atoms with E-state index in [4.69, 9.17) is 4.42 Å². The molecule has 0 aliphatic rings. The van der Waals surface area contributed by atoms with E-state index >= 15 is 0 Å². The number of hydrogen-bond acceptors (Lipinski definition) is 2. The van der Waals surface area contributed by atoms with E-state index in [1.165, 1.54) is 5.56 Å². The van der Waals surface area contributed by atoms with Crippen LogP contribution in [0.2, 0.25) is 0 Å². The summed E-state index contributed by atoms with van der Waals surface area (Å²) in [5.41, 5.74) is 4.92. The summed E-state index contributed by atoms with van der Waals surface area (Å²) < 4.78 is 5.67. The highest BCUT2D eigenvalue weighted by atomic mass is 16.3. The molecule has 2 aromatic carbocycles. The predicted molar refractivity (Wildman–Crippen MR) is 84.8 cm³/mol. The summed E-state index contributed by atoms with van der Waals surface area (Å²) in [5.74, 6) is 0.103. The van der Waals surface area contributed by atoms with Crippen molar-refractivity contribution in [3.8, 4) is 0 Å². The summed E-state index contributed by atoms with van der Waals surface area (Å²) >= 11 is 0. The third kappa shape index (κ3) is 2.55. The van der Waals surface area contributed by atoms with Crippen LogP contribution < -0.4 is 5.32 Å². The van der Waals surface area contributed by atoms with Gasteiger partial charge in [0.15, 0.2) is 5.76 Å². The molecular weight excluding hydrogens is 262 g/mol. The Morgan fingerprint density at radius 2 is 1.76 bits per heavy atom. The molecule has 0 aliphatic heterocycles. The van der Waals surface area contributed by atoms with Crippen molar-refractivity contribution in [1.29, 1.82) is 0 Å². The van der Waals surface area contributed by atoms with Crippen molar-refractivity contribution in [3.63, 3.8) is 0 Å². The zero-order valence-corrected chi connectivity index (χ0v) is 12.4. The standard InChI is InChI=1S/C18H17NO2/c1-11-7-8-15(9-13(11)3)19-18(20)16-10-14-6-4-5-12(2)17(14)21-16/h4-10H,1-3H3,(H,19,20). The van der Waals surface area contributed by atoms with E-state index in [0.717, 1.165) is 27.8 Å². The summed E-state index contributed by atoms with van der Waals surface area (Å²) in [6.07, 6.45) is 0. The number of nitrogens with one attached hydrogen (secondary N) is 1. The van der Waals surface area contributed by atoms with Crippen molar-refractivity contribution in [2.45, 2.75) is 20.8 Å². The number of amides is 1. The number of rotatable bonds is 2. The summed E-state index contributed by atoms with van der Waals surface area (Å²) in [5, 5.41) is 3.82. The topological polar surface area (TPSA) is 42.2 Å². The molecule has 1 amide bonds. The number of carbonyl (C=O) groups excluding carboxylic acids is 1. The minimum Gasteiger partial charge on any atom is -0.451 e. The maximum Gasteiger partial charge on any atom is 0.291 e. The Hall–Kier alpha value is -2.55. The lowest BCUT2D eigenvalue weighted by atomic mass is 10.1. The van der Waals surface area contributed by atoms with Crippen LogP contribution in [-0.4, -0.2) is 5.91 Å². The van der Waals surface area contributed by atoms with Gasteiger partial charge < -0.3 is 9.73 Å². The highest BCUT2D eigenvalue weighted by Crippen LogP contribution is 2.23. The number of anilines is 1. The molecule has 0 saturated heterocycles. The fourth-order valence-corrected chi connectivity index (χ4v) is 2.33. The number of aryl methyl sites for hydroxylation is 3. The van der Waals surface area contributed by atoms with Gasteiger partial charge in [-0.2, -0.15) is 0 Å². The fourth-order valence-electron chi connectivity index (χ4n) is 2.33. The Bertz CT molecular complexity index is 830. The van der Waals surface area contributed by atoms with Crippen molar-refractivity contribution in [3.05, 3.63) is 64.9 Å². The van der Waals surface area contributed by atoms with E-state index in [0.29, 0.717) is 5.76 Å². The molecule has 0 aliphatic carbocycles. The van der Waals surface area contributed by atoms with Gasteiger partial charge in [-0.05, 0) is 55.7 Å². The lowest BCUT2D eigenvalue weighted by Crippen LogP contribution is -2.10. The second-order valence-electron chi connectivity index (χ2n) is 5.36. The molecule has 3 aromatic rings. The van der Waals surface area contributed by atoms with Gasteiger partial charge in [0, 0.05) is 11.1 Å². The van der Waals surface area contributed by atoms with Crippen LogP contribution in [0.25, 0.3) is 11.0 Å². The SMILES string of the molecule is Cc1ccc(NC(=O)c2cc3cccc(C)c3o2)cc1C. The van der Waals surface area contributed by atoms with Gasteiger partial charge in [-0.3, -0.25) is 4.79 Å². The number of benzene rings is 2. The Kier molecular flexibility index (Phi) is 3.26. The smallest absolute Gasteiger partial charge is 0.291 e. The molecule has 1 N–H and O–H groups in total. The van der Waals surface area contributed by atoms with Gasteiger partial charge in [0.25, 0.3) is 5.91 Å². The molecule has 0 atom stereocenters. The van der Waals surface area contributed by atoms with Gasteiger partial charge in [-0.15, -0.1) is 0 Å². The van der Waals surface area contributed by atoms with Crippen molar-refractivity contribution in [1.82, 2.24) is 0 Å². The van der Waals surface area contributed by atoms with E-state index in [1.54, 1.807) is 6.07 Å². The number of hydrogen-bond donors (Lipinski definition) is 1. The maximum absolute atomic E-state index is 12.3. The third-order valence-corrected chi connectivity index (χ3v) is 3.73. The molecular formula is C18H17NO2. The number of furan rings is 1. The summed E-state index contributed by atoms with van der Waals surface area (Å²) in [4.78, 5) is 12.3. The molecule has 1 heterocycles. The number of fused-ring (bicyclic) bond motifs is 1. The van der Waals surface area contributed by atoms with Crippen molar-refractivity contribution in [2.24, 2.45) is 0 Å². The molecule has 3 nitrogen and oxygen atoms in total. The number of carbonyl (C=O) groups is 1. The second kappa shape index (κ2) is 5.09. The molecule has 0 fully saturated rings. The predicted octanol–water partition coefficient (Wildman–Crippen LogP) is 4.61. The molecule has 3 heteroatoms. The monoisotopic (exact) mass is 279 g/mol. The molecule has 3 rings (SSSR count). The van der Waals surface area contributed by atoms with Gasteiger partial charge in [0.1, 0.15) is 5.58 Å². The lowest BCUT2D eigenvalue weighted by Gasteiger charge is -2.06. The van der Waals surface area contributed by atoms with Crippen LogP contribution in [0.3, 0.4) is 0 Å². The first-order valence-corrected chi connectivity index (χ1v) is 6.92. The van der Waals surface area contributed by atoms with Crippen LogP contribution in [0.5, 0.6) is 0 Å². The van der Waals surface area contributed by atoms with E-state index in [9.17, 15) is 4.79 Å². The van der Waals surface area contributed by atoms with E-state index in [2.05, 4.69) is 5.32 Å². The highest BCUT2D eigenvalue weighted by Gasteiger charge is 2.13. The minimum atomic E-state index is -0.228. The molecule has 1 aromatic heterocycles. The highest BCUT2D eigenvalue weighted by molar-refractivity contribution is 6.04. The summed E-state index contributed by atoms with van der Waals surface area (Å²) in [6, 6.07) is 13.5. The number of para-hydroxylation sites is 1. The molecule has 0 bridgehead atoms. The van der Waals surface area contributed by atoms with Crippen LogP contribution in [0.15, 0.2) is 46.9 Å². The Morgan fingerprint density at radius 3 is 2.48 bits per heavy atom. The van der Waals surface area contributed by atoms with Crippen LogP contribution in [0.1, 0.15) is 27.2 Å². The van der Waals surface area contributed by atoms with Gasteiger partial charge in [-0.1, -0.05) is 24.3 Å². The van der Waals surface area contributed by atoms with Crippen molar-refractivity contribution < 1.29 is 9.21 Å². The maximum atomic E-state index is 12.3. The molecule has 0 unspecified atom stereocenters. The quantitative estimate of drug-likeness (QED) is 0.744. The van der Waals surface area contributed by atoms with E-state index in [1.807, 2.05) is 57.2 Å². The van der Waals surface area contributed by atoms with Crippen LogP contribution in [0.4, 0.5) is 5.69 Å². The zero-order valence-electron chi connectivity index (χ0n) is 12.4. The Morgan fingerprint density at radius 1 is 0.952 bits per heavy atom. The van der Waals surface area contributed by atoms with Gasteiger partial charge in [0.2, 0.25) is 0 Å². The zero-order chi connectivity index (χ0) is 15.0. The minimum absolute atomic E-state index is 0.228. The second-order valence-corrected chi connectivity index (χ2v) is 5.36. The van der Waals surface area contributed by atoms with Crippen molar-refractivity contribution in [2.75, 3.05) is 5.32 Å². The molecule has 0 saturated carbocycles. The summed E-state index contributed by atoms with van der Waals surface area (Å²) in [7, 11) is 0. The first kappa shape index (κ1) is 13.4. The largest absolute Gasteiger partial charge is 0.451 e. The Labute approximate surface area is 123 Å². The summed E-state index contributed by atoms with van der Waals surface area (Å²) in [6.45, 7) is 6.04. The van der Waals surface area contributed by atoms with Crippen LogP contribution >= 0.6 is 0 Å². The van der Waals surface area contributed by atoms with Crippen LogP contribution in [0, 0.1) is 20.8 Å². The molecule has 106 valence electrons. The van der Waals surface area contributed by atoms with Gasteiger partial charge in [-0.25, -0.2) is 0 Å². The first-order valence-electron chi connectivity index (χ1n) is 6.92. The van der Waals surface area contributed by atoms with Gasteiger partial charge in [0.05, 0.1) is 0 Å². The third-order valence-electron chi connectivity index (χ3n) is 3.73. The van der Waals surface area contributed by atoms with Crippen LogP contribution in [-0.2, 0) is 0 Å². The van der Waals surface area contributed by atoms with E-state index in [-0.39, 0.29) is 5.91 Å². The molecule has 0 spiro atoms. The average molecular weight is 279 g/mol. The normalized spacial score (nSPS) is 10.8. The van der Waals surface area contributed by atoms with Gasteiger partial charge >= 0.3 is 0 Å². The van der Waals surface area contributed by atoms with E-state index < -0.39 is 0 Å². The molecule has 21 heavy (non-hydrogen) atoms. The molecule has 0 radical (unpaired) electrons. The Balaban J connectivity index is 1.90.